The van der Waals surface area contributed by atoms with Gasteiger partial charge in [-0.2, -0.15) is 0 Å². The molecule has 4 aromatic rings. The molecule has 1 atom stereocenters. The molecule has 1 amide bonds. The summed E-state index contributed by atoms with van der Waals surface area (Å²) in [6.45, 7) is 1.87. The third kappa shape index (κ3) is 4.36. The predicted octanol–water partition coefficient (Wildman–Crippen LogP) is 6.52. The van der Waals surface area contributed by atoms with Gasteiger partial charge in [-0.3, -0.25) is 4.79 Å². The number of anilines is 1. The lowest BCUT2D eigenvalue weighted by Crippen LogP contribution is -2.20. The molecule has 5 heteroatoms. The molecule has 0 aliphatic heterocycles. The van der Waals surface area contributed by atoms with Crippen molar-refractivity contribution >= 4 is 39.9 Å². The summed E-state index contributed by atoms with van der Waals surface area (Å²) in [6.07, 6.45) is 0.335. The second-order valence-electron chi connectivity index (χ2n) is 7.69. The van der Waals surface area contributed by atoms with Crippen LogP contribution in [0.2, 0.25) is 5.02 Å². The molecule has 4 rings (SSSR count). The molecule has 0 aromatic heterocycles. The van der Waals surface area contributed by atoms with Crippen molar-refractivity contribution in [3.05, 3.63) is 112 Å². The lowest BCUT2D eigenvalue weighted by atomic mass is 9.93. The smallest absolute Gasteiger partial charge is 0.335 e. The summed E-state index contributed by atoms with van der Waals surface area (Å²) in [5.41, 5.74) is 3.08. The second kappa shape index (κ2) is 9.25. The molecule has 0 radical (unpaired) electrons. The molecule has 0 aliphatic carbocycles. The largest absolute Gasteiger partial charge is 0.478 e. The number of para-hydroxylation sites is 1. The van der Waals surface area contributed by atoms with Crippen molar-refractivity contribution in [1.82, 2.24) is 0 Å². The van der Waals surface area contributed by atoms with Gasteiger partial charge in [0.05, 0.1) is 22.2 Å². The second-order valence-corrected chi connectivity index (χ2v) is 8.10. The van der Waals surface area contributed by atoms with Crippen LogP contribution in [-0.4, -0.2) is 17.0 Å². The highest BCUT2D eigenvalue weighted by Crippen LogP contribution is 2.31. The minimum absolute atomic E-state index is 0.178. The first-order chi connectivity index (χ1) is 15.5. The topological polar surface area (TPSA) is 66.4 Å². The molecule has 0 fully saturated rings. The zero-order chi connectivity index (χ0) is 22.7. The van der Waals surface area contributed by atoms with Crippen LogP contribution in [0.15, 0.2) is 84.9 Å². The summed E-state index contributed by atoms with van der Waals surface area (Å²) in [4.78, 5) is 24.8. The third-order valence-corrected chi connectivity index (χ3v) is 5.97. The number of nitrogens with one attached hydrogen (secondary N) is 1. The average Bonchev–Trinajstić information content (AvgIpc) is 2.80. The number of amides is 1. The molecule has 0 bridgehead atoms. The third-order valence-electron chi connectivity index (χ3n) is 5.66. The SMILES string of the molecule is CC(C(=O)Nc1c(Cl)cccc1Cc1ccccc1C(=O)O)c1cccc2ccccc12. The molecule has 2 N–H and O–H groups in total. The van der Waals surface area contributed by atoms with Crippen LogP contribution in [0.5, 0.6) is 0 Å². The lowest BCUT2D eigenvalue weighted by Gasteiger charge is -2.18. The van der Waals surface area contributed by atoms with Gasteiger partial charge >= 0.3 is 5.97 Å². The molecule has 0 heterocycles. The van der Waals surface area contributed by atoms with Crippen LogP contribution in [0.3, 0.4) is 0 Å². The van der Waals surface area contributed by atoms with Gasteiger partial charge in [-0.25, -0.2) is 4.79 Å². The Balaban J connectivity index is 1.65. The van der Waals surface area contributed by atoms with Crippen LogP contribution < -0.4 is 5.32 Å². The fraction of sp³-hybridized carbons (Fsp3) is 0.111. The summed E-state index contributed by atoms with van der Waals surface area (Å²) >= 11 is 6.46. The number of carbonyl (C=O) groups is 2. The van der Waals surface area contributed by atoms with Crippen molar-refractivity contribution in [3.63, 3.8) is 0 Å². The number of aromatic carboxylic acids is 1. The number of benzene rings is 4. The van der Waals surface area contributed by atoms with Crippen LogP contribution in [0.1, 0.15) is 39.9 Å². The van der Waals surface area contributed by atoms with Gasteiger partial charge in [0.25, 0.3) is 0 Å². The standard InChI is InChI=1S/C27H22ClNO3/c1-17(21-14-6-10-18-8-2-4-12-22(18)21)26(30)29-25-20(11-7-15-24(25)28)16-19-9-3-5-13-23(19)27(31)32/h2-15,17H,16H2,1H3,(H,29,30)(H,31,32). The maximum absolute atomic E-state index is 13.2. The van der Waals surface area contributed by atoms with Gasteiger partial charge in [0.15, 0.2) is 0 Å². The predicted molar refractivity (Wildman–Crippen MR) is 129 cm³/mol. The van der Waals surface area contributed by atoms with Gasteiger partial charge in [0, 0.05) is 6.42 Å². The van der Waals surface area contributed by atoms with E-state index in [1.165, 1.54) is 0 Å². The van der Waals surface area contributed by atoms with Gasteiger partial charge in [-0.1, -0.05) is 84.4 Å². The summed E-state index contributed by atoms with van der Waals surface area (Å²) in [5, 5.41) is 15.0. The Kier molecular flexibility index (Phi) is 6.24. The van der Waals surface area contributed by atoms with E-state index in [-0.39, 0.29) is 11.5 Å². The van der Waals surface area contributed by atoms with Crippen LogP contribution in [-0.2, 0) is 11.2 Å². The molecule has 1 unspecified atom stereocenters. The Morgan fingerprint density at radius 2 is 1.53 bits per heavy atom. The number of halogens is 1. The van der Waals surface area contributed by atoms with Crippen LogP contribution >= 0.6 is 11.6 Å². The highest BCUT2D eigenvalue weighted by Gasteiger charge is 2.20. The van der Waals surface area contributed by atoms with Crippen LogP contribution in [0, 0.1) is 0 Å². The Labute approximate surface area is 191 Å². The molecular formula is C27H22ClNO3. The first-order valence-corrected chi connectivity index (χ1v) is 10.7. The van der Waals surface area contributed by atoms with Gasteiger partial charge < -0.3 is 10.4 Å². The monoisotopic (exact) mass is 443 g/mol. The van der Waals surface area contributed by atoms with Gasteiger partial charge in [0.1, 0.15) is 0 Å². The average molecular weight is 444 g/mol. The summed E-state index contributed by atoms with van der Waals surface area (Å²) in [7, 11) is 0. The van der Waals surface area contributed by atoms with Gasteiger partial charge in [-0.05, 0) is 46.5 Å². The fourth-order valence-corrected chi connectivity index (χ4v) is 4.19. The molecule has 0 saturated carbocycles. The van der Waals surface area contributed by atoms with Gasteiger partial charge in [-0.15, -0.1) is 0 Å². The summed E-state index contributed by atoms with van der Waals surface area (Å²) < 4.78 is 0. The van der Waals surface area contributed by atoms with E-state index in [2.05, 4.69) is 5.32 Å². The molecule has 32 heavy (non-hydrogen) atoms. The highest BCUT2D eigenvalue weighted by atomic mass is 35.5. The summed E-state index contributed by atoms with van der Waals surface area (Å²) in [6, 6.07) is 26.1. The quantitative estimate of drug-likeness (QED) is 0.356. The Morgan fingerprint density at radius 3 is 2.34 bits per heavy atom. The van der Waals surface area contributed by atoms with E-state index >= 15 is 0 Å². The maximum Gasteiger partial charge on any atom is 0.335 e. The molecule has 0 spiro atoms. The van der Waals surface area contributed by atoms with E-state index in [4.69, 9.17) is 11.6 Å². The fourth-order valence-electron chi connectivity index (χ4n) is 3.95. The van der Waals surface area contributed by atoms with Crippen molar-refractivity contribution < 1.29 is 14.7 Å². The molecule has 4 aromatic carbocycles. The molecular weight excluding hydrogens is 422 g/mol. The number of hydrogen-bond donors (Lipinski definition) is 2. The van der Waals surface area contributed by atoms with Crippen molar-refractivity contribution in [3.8, 4) is 0 Å². The number of rotatable bonds is 6. The zero-order valence-corrected chi connectivity index (χ0v) is 18.3. The van der Waals surface area contributed by atoms with E-state index in [1.54, 1.807) is 36.4 Å². The van der Waals surface area contributed by atoms with Crippen LogP contribution in [0.4, 0.5) is 5.69 Å². The van der Waals surface area contributed by atoms with E-state index in [1.807, 2.05) is 55.5 Å². The lowest BCUT2D eigenvalue weighted by molar-refractivity contribution is -0.117. The number of carboxylic acids is 1. The van der Waals surface area contributed by atoms with Crippen LogP contribution in [0.25, 0.3) is 10.8 Å². The van der Waals surface area contributed by atoms with Crippen molar-refractivity contribution in [2.75, 3.05) is 5.32 Å². The minimum Gasteiger partial charge on any atom is -0.478 e. The van der Waals surface area contributed by atoms with E-state index in [9.17, 15) is 14.7 Å². The Bertz CT molecular complexity index is 1310. The summed E-state index contributed by atoms with van der Waals surface area (Å²) in [5.74, 6) is -1.57. The van der Waals surface area contributed by atoms with Crippen molar-refractivity contribution in [2.24, 2.45) is 0 Å². The number of hydrogen-bond acceptors (Lipinski definition) is 2. The Morgan fingerprint density at radius 1 is 0.875 bits per heavy atom. The molecule has 0 aliphatic rings. The minimum atomic E-state index is -0.988. The molecule has 4 nitrogen and oxygen atoms in total. The van der Waals surface area contributed by atoms with E-state index in [0.717, 1.165) is 21.9 Å². The highest BCUT2D eigenvalue weighted by molar-refractivity contribution is 6.34. The normalized spacial score (nSPS) is 11.8. The number of carboxylic acid groups (broad SMARTS) is 1. The Hall–Kier alpha value is -3.63. The number of carbonyl (C=O) groups excluding carboxylic acids is 1. The van der Waals surface area contributed by atoms with Crippen molar-refractivity contribution in [2.45, 2.75) is 19.3 Å². The van der Waals surface area contributed by atoms with Crippen molar-refractivity contribution in [1.29, 1.82) is 0 Å². The van der Waals surface area contributed by atoms with E-state index in [0.29, 0.717) is 22.7 Å². The molecule has 0 saturated heterocycles. The van der Waals surface area contributed by atoms with E-state index < -0.39 is 11.9 Å². The molecule has 160 valence electrons. The number of fused-ring (bicyclic) bond motifs is 1. The zero-order valence-electron chi connectivity index (χ0n) is 17.5. The van der Waals surface area contributed by atoms with Gasteiger partial charge in [0.2, 0.25) is 5.91 Å². The first kappa shape index (κ1) is 21.6. The first-order valence-electron chi connectivity index (χ1n) is 10.3. The maximum atomic E-state index is 13.2.